The van der Waals surface area contributed by atoms with Gasteiger partial charge in [0.05, 0.1) is 23.4 Å². The third-order valence-corrected chi connectivity index (χ3v) is 9.67. The summed E-state index contributed by atoms with van der Waals surface area (Å²) in [6, 6.07) is 5.23. The first kappa shape index (κ1) is 32.8. The minimum absolute atomic E-state index is 0.0366. The second-order valence-electron chi connectivity index (χ2n) is 14.5. The molecule has 244 valence electrons. The van der Waals surface area contributed by atoms with Crippen LogP contribution < -0.4 is 5.32 Å². The first-order valence-electron chi connectivity index (χ1n) is 15.7. The lowest BCUT2D eigenvalue weighted by molar-refractivity contribution is -0.137. The van der Waals surface area contributed by atoms with E-state index in [0.29, 0.717) is 12.0 Å². The number of rotatable bonds is 5. The zero-order valence-electron chi connectivity index (χ0n) is 26.7. The van der Waals surface area contributed by atoms with Crippen LogP contribution in [0.25, 0.3) is 0 Å². The van der Waals surface area contributed by atoms with E-state index in [4.69, 9.17) is 10.00 Å². The predicted octanol–water partition coefficient (Wildman–Crippen LogP) is 6.51. The Morgan fingerprint density at radius 2 is 1.69 bits per heavy atom. The normalized spacial score (nSPS) is 20.0. The molecule has 12 heteroatoms. The maximum Gasteiger partial charge on any atom is 0.417 e. The molecule has 45 heavy (non-hydrogen) atoms. The largest absolute Gasteiger partial charge is 0.444 e. The quantitative estimate of drug-likeness (QED) is 0.405. The van der Waals surface area contributed by atoms with Crippen LogP contribution in [0.4, 0.5) is 23.7 Å². The van der Waals surface area contributed by atoms with Gasteiger partial charge in [0, 0.05) is 36.4 Å². The van der Waals surface area contributed by atoms with Crippen LogP contribution >= 0.6 is 0 Å². The molecule has 9 nitrogen and oxygen atoms in total. The Hall–Kier alpha value is -3.59. The third kappa shape index (κ3) is 7.13. The van der Waals surface area contributed by atoms with E-state index in [9.17, 15) is 22.8 Å². The highest BCUT2D eigenvalue weighted by Gasteiger charge is 2.48. The van der Waals surface area contributed by atoms with Crippen LogP contribution in [0, 0.1) is 16.7 Å². The van der Waals surface area contributed by atoms with Crippen LogP contribution in [0.5, 0.6) is 0 Å². The summed E-state index contributed by atoms with van der Waals surface area (Å²) in [5, 5.41) is 16.1. The number of alkyl halides is 3. The number of halogens is 3. The average molecular weight is 629 g/mol. The zero-order valence-corrected chi connectivity index (χ0v) is 26.7. The van der Waals surface area contributed by atoms with E-state index in [1.807, 2.05) is 31.9 Å². The predicted molar refractivity (Wildman–Crippen MR) is 162 cm³/mol. The minimum atomic E-state index is -4.71. The van der Waals surface area contributed by atoms with E-state index in [2.05, 4.69) is 15.3 Å². The van der Waals surface area contributed by atoms with Gasteiger partial charge < -0.3 is 19.9 Å². The highest BCUT2D eigenvalue weighted by Crippen LogP contribution is 2.46. The lowest BCUT2D eigenvalue weighted by Crippen LogP contribution is -2.61. The van der Waals surface area contributed by atoms with Gasteiger partial charge in [-0.05, 0) is 116 Å². The van der Waals surface area contributed by atoms with E-state index in [0.717, 1.165) is 82.4 Å². The number of ether oxygens (including phenoxy) is 1. The van der Waals surface area contributed by atoms with Gasteiger partial charge in [-0.25, -0.2) is 4.79 Å². The van der Waals surface area contributed by atoms with Crippen LogP contribution in [0.3, 0.4) is 0 Å². The number of amides is 2. The van der Waals surface area contributed by atoms with Crippen molar-refractivity contribution >= 4 is 17.7 Å². The molecule has 2 amide bonds. The average Bonchev–Trinajstić information content (AvgIpc) is 3.46. The van der Waals surface area contributed by atoms with E-state index < -0.39 is 34.4 Å². The molecule has 5 rings (SSSR count). The molecule has 1 aliphatic carbocycles. The van der Waals surface area contributed by atoms with Crippen LogP contribution in [-0.2, 0) is 21.2 Å². The fraction of sp³-hybridized carbons (Fsp3) is 0.636. The summed E-state index contributed by atoms with van der Waals surface area (Å²) in [4.78, 5) is 30.0. The molecule has 2 aliphatic heterocycles. The fourth-order valence-electron chi connectivity index (χ4n) is 6.91. The molecule has 0 radical (unpaired) electrons. The van der Waals surface area contributed by atoms with E-state index >= 15 is 0 Å². The number of carbonyl (C=O) groups excluding carboxylic acids is 2. The first-order valence-corrected chi connectivity index (χ1v) is 15.7. The number of nitrogens with zero attached hydrogens (tertiary/aromatic N) is 5. The van der Waals surface area contributed by atoms with Crippen LogP contribution in [0.2, 0.25) is 0 Å². The summed E-state index contributed by atoms with van der Waals surface area (Å²) in [6.45, 7) is 12.6. The Bertz CT molecular complexity index is 1450. The number of nitriles is 1. The van der Waals surface area contributed by atoms with Crippen molar-refractivity contribution in [3.8, 4) is 6.07 Å². The maximum atomic E-state index is 13.4. The Labute approximate surface area is 262 Å². The molecule has 1 saturated carbocycles. The summed E-state index contributed by atoms with van der Waals surface area (Å²) in [7, 11) is 0. The Morgan fingerprint density at radius 3 is 2.27 bits per heavy atom. The van der Waals surface area contributed by atoms with E-state index in [-0.39, 0.29) is 17.2 Å². The summed E-state index contributed by atoms with van der Waals surface area (Å²) in [5.74, 6) is -0.203. The van der Waals surface area contributed by atoms with Crippen molar-refractivity contribution in [3.63, 3.8) is 0 Å². The number of nitrogens with one attached hydrogen (secondary N) is 1. The number of carbonyl (C=O) groups is 2. The summed E-state index contributed by atoms with van der Waals surface area (Å²) in [6.07, 6.45) is 5.23. The van der Waals surface area contributed by atoms with Crippen molar-refractivity contribution in [2.75, 3.05) is 31.5 Å². The molecular formula is C33H43F3N6O3. The zero-order chi connectivity index (χ0) is 32.8. The molecule has 3 aliphatic rings. The number of benzene rings is 1. The summed E-state index contributed by atoms with van der Waals surface area (Å²) in [5.41, 5.74) is -1.98. The number of hydrogen-bond donors (Lipinski definition) is 1. The first-order chi connectivity index (χ1) is 21.0. The molecule has 2 saturated heterocycles. The fourth-order valence-corrected chi connectivity index (χ4v) is 6.91. The second-order valence-corrected chi connectivity index (χ2v) is 14.5. The van der Waals surface area contributed by atoms with Gasteiger partial charge in [-0.2, -0.15) is 23.5 Å². The van der Waals surface area contributed by atoms with Gasteiger partial charge in [-0.15, -0.1) is 0 Å². The molecule has 1 spiro atoms. The lowest BCUT2D eigenvalue weighted by Gasteiger charge is -2.54. The van der Waals surface area contributed by atoms with Crippen molar-refractivity contribution in [1.29, 1.82) is 5.26 Å². The van der Waals surface area contributed by atoms with Gasteiger partial charge in [0.15, 0.2) is 0 Å². The summed E-state index contributed by atoms with van der Waals surface area (Å²) >= 11 is 0. The van der Waals surface area contributed by atoms with E-state index in [1.165, 1.54) is 6.07 Å². The molecule has 2 aromatic rings. The van der Waals surface area contributed by atoms with Crippen LogP contribution in [0.15, 0.2) is 30.6 Å². The molecule has 1 aromatic carbocycles. The molecular weight excluding hydrogens is 585 g/mol. The van der Waals surface area contributed by atoms with Crippen LogP contribution in [-0.4, -0.2) is 69.4 Å². The Kier molecular flexibility index (Phi) is 8.72. The highest BCUT2D eigenvalue weighted by molar-refractivity contribution is 5.96. The van der Waals surface area contributed by atoms with Crippen molar-refractivity contribution in [3.05, 3.63) is 47.3 Å². The Balaban J connectivity index is 1.11. The van der Waals surface area contributed by atoms with Crippen LogP contribution in [0.1, 0.15) is 95.8 Å². The van der Waals surface area contributed by atoms with Gasteiger partial charge in [-0.3, -0.25) is 9.48 Å². The van der Waals surface area contributed by atoms with Gasteiger partial charge in [0.1, 0.15) is 11.1 Å². The second kappa shape index (κ2) is 12.0. The molecule has 0 atom stereocenters. The van der Waals surface area contributed by atoms with Gasteiger partial charge in [0.2, 0.25) is 0 Å². The minimum Gasteiger partial charge on any atom is -0.444 e. The molecule has 1 aromatic heterocycles. The van der Waals surface area contributed by atoms with Crippen molar-refractivity contribution < 1.29 is 27.5 Å². The highest BCUT2D eigenvalue weighted by atomic mass is 19.4. The SMILES string of the molecule is CC(C)(C)OC(=O)N1CC2(CCC(N3CCC(c4cnn(C(C)(C)C(=O)Nc5ccc(C#N)c(C(F)(F)F)c5)c4)CC3)CC2)C1. The van der Waals surface area contributed by atoms with Gasteiger partial charge >= 0.3 is 12.3 Å². The van der Waals surface area contributed by atoms with Crippen molar-refractivity contribution in [2.24, 2.45) is 5.41 Å². The molecule has 0 bridgehead atoms. The van der Waals surface area contributed by atoms with Crippen molar-refractivity contribution in [2.45, 2.75) is 102 Å². The maximum absolute atomic E-state index is 13.4. The summed E-state index contributed by atoms with van der Waals surface area (Å²) < 4.78 is 47.3. The number of hydrogen-bond acceptors (Lipinski definition) is 6. The topological polar surface area (TPSA) is 103 Å². The van der Waals surface area contributed by atoms with Gasteiger partial charge in [-0.1, -0.05) is 0 Å². The number of likely N-dealkylation sites (tertiary alicyclic amines) is 2. The Morgan fingerprint density at radius 1 is 1.04 bits per heavy atom. The van der Waals surface area contributed by atoms with E-state index in [1.54, 1.807) is 30.8 Å². The monoisotopic (exact) mass is 628 g/mol. The third-order valence-electron chi connectivity index (χ3n) is 9.67. The molecule has 0 unspecified atom stereocenters. The smallest absolute Gasteiger partial charge is 0.417 e. The molecule has 3 heterocycles. The standard InChI is InChI=1S/C33H43F3N6O3/c1-30(2,3)45-29(44)41-20-32(21-41)12-8-26(9-13-32)40-14-10-22(11-15-40)24-18-38-42(19-24)31(4,5)28(43)39-25-7-6-23(17-37)27(16-25)33(34,35)36/h6-7,16,18-19,22,26H,8-15,20-21H2,1-5H3,(H,39,43). The number of aromatic nitrogens is 2. The number of piperidine rings is 1. The van der Waals surface area contributed by atoms with Gasteiger partial charge in [0.25, 0.3) is 5.91 Å². The van der Waals surface area contributed by atoms with Crippen molar-refractivity contribution in [1.82, 2.24) is 19.6 Å². The molecule has 1 N–H and O–H groups in total. The number of anilines is 1. The molecule has 3 fully saturated rings. The lowest BCUT2D eigenvalue weighted by atomic mass is 9.67.